The lowest BCUT2D eigenvalue weighted by atomic mass is 10.1. The monoisotopic (exact) mass is 237 g/mol. The van der Waals surface area contributed by atoms with Crippen LogP contribution in [-0.2, 0) is 13.0 Å². The molecular weight excluding hydrogens is 214 g/mol. The van der Waals surface area contributed by atoms with E-state index in [1.54, 1.807) is 0 Å². The van der Waals surface area contributed by atoms with E-state index in [0.29, 0.717) is 0 Å². The van der Waals surface area contributed by atoms with E-state index < -0.39 is 0 Å². The molecule has 3 heteroatoms. The lowest BCUT2D eigenvalue weighted by Crippen LogP contribution is -2.38. The molecule has 0 amide bonds. The Morgan fingerprint density at radius 2 is 2.00 bits per heavy atom. The summed E-state index contributed by atoms with van der Waals surface area (Å²) < 4.78 is 5.65. The van der Waals surface area contributed by atoms with Crippen molar-refractivity contribution < 1.29 is 9.52 Å². The van der Waals surface area contributed by atoms with Gasteiger partial charge in [0.1, 0.15) is 11.5 Å². The summed E-state index contributed by atoms with van der Waals surface area (Å²) in [5, 5.41) is 13.4. The van der Waals surface area contributed by atoms with Crippen LogP contribution in [0.25, 0.3) is 0 Å². The third-order valence-corrected chi connectivity index (χ3v) is 3.58. The molecule has 2 rings (SSSR count). The second-order valence-electron chi connectivity index (χ2n) is 4.91. The van der Waals surface area contributed by atoms with Crippen LogP contribution in [0.4, 0.5) is 0 Å². The van der Waals surface area contributed by atoms with E-state index in [4.69, 9.17) is 4.42 Å². The van der Waals surface area contributed by atoms with Gasteiger partial charge in [-0.05, 0) is 25.0 Å². The lowest BCUT2D eigenvalue weighted by Gasteiger charge is -2.21. The van der Waals surface area contributed by atoms with Crippen LogP contribution in [0.2, 0.25) is 0 Å². The summed E-state index contributed by atoms with van der Waals surface area (Å²) in [6.45, 7) is 2.81. The molecule has 1 aliphatic carbocycles. The summed E-state index contributed by atoms with van der Waals surface area (Å²) in [7, 11) is 0. The zero-order chi connectivity index (χ0) is 12.1. The van der Waals surface area contributed by atoms with Gasteiger partial charge in [0.15, 0.2) is 0 Å². The van der Waals surface area contributed by atoms with Gasteiger partial charge < -0.3 is 14.8 Å². The molecule has 1 aromatic rings. The number of rotatable bonds is 4. The van der Waals surface area contributed by atoms with Crippen LogP contribution in [-0.4, -0.2) is 17.3 Å². The van der Waals surface area contributed by atoms with E-state index in [2.05, 4.69) is 12.2 Å². The second kappa shape index (κ2) is 6.22. The molecule has 0 bridgehead atoms. The fourth-order valence-corrected chi connectivity index (χ4v) is 2.47. The first kappa shape index (κ1) is 12.7. The highest BCUT2D eigenvalue weighted by Crippen LogP contribution is 2.18. The topological polar surface area (TPSA) is 45.4 Å². The van der Waals surface area contributed by atoms with Crippen molar-refractivity contribution in [2.75, 3.05) is 0 Å². The van der Waals surface area contributed by atoms with Crippen molar-refractivity contribution in [2.24, 2.45) is 0 Å². The minimum Gasteiger partial charge on any atom is -0.465 e. The summed E-state index contributed by atoms with van der Waals surface area (Å²) in [5.74, 6) is 2.00. The third kappa shape index (κ3) is 3.58. The maximum atomic E-state index is 9.99. The standard InChI is InChI=1S/C14H23NO2/c1-2-11-8-9-12(17-11)10-15-13-6-4-3-5-7-14(13)16/h8-9,13-16H,2-7,10H2,1H3. The van der Waals surface area contributed by atoms with Gasteiger partial charge in [0, 0.05) is 12.5 Å². The maximum Gasteiger partial charge on any atom is 0.117 e. The Morgan fingerprint density at radius 3 is 2.76 bits per heavy atom. The van der Waals surface area contributed by atoms with Gasteiger partial charge >= 0.3 is 0 Å². The van der Waals surface area contributed by atoms with Crippen molar-refractivity contribution >= 4 is 0 Å². The second-order valence-corrected chi connectivity index (χ2v) is 4.91. The molecule has 2 unspecified atom stereocenters. The number of hydrogen-bond donors (Lipinski definition) is 2. The molecule has 2 N–H and O–H groups in total. The number of furan rings is 1. The Bertz CT molecular complexity index is 335. The van der Waals surface area contributed by atoms with Gasteiger partial charge in [0.05, 0.1) is 12.6 Å². The van der Waals surface area contributed by atoms with E-state index in [0.717, 1.165) is 43.7 Å². The van der Waals surface area contributed by atoms with Crippen LogP contribution < -0.4 is 5.32 Å². The van der Waals surface area contributed by atoms with E-state index >= 15 is 0 Å². The van der Waals surface area contributed by atoms with E-state index in [-0.39, 0.29) is 12.1 Å². The molecule has 1 fully saturated rings. The van der Waals surface area contributed by atoms with Gasteiger partial charge in [-0.3, -0.25) is 0 Å². The van der Waals surface area contributed by atoms with Crippen molar-refractivity contribution in [3.05, 3.63) is 23.7 Å². The number of aliphatic hydroxyl groups excluding tert-OH is 1. The zero-order valence-corrected chi connectivity index (χ0v) is 10.6. The predicted molar refractivity (Wildman–Crippen MR) is 67.8 cm³/mol. The predicted octanol–water partition coefficient (Wildman–Crippen LogP) is 2.63. The fourth-order valence-electron chi connectivity index (χ4n) is 2.47. The molecular formula is C14H23NO2. The molecule has 1 aromatic heterocycles. The minimum atomic E-state index is -0.196. The van der Waals surface area contributed by atoms with Crippen LogP contribution in [0.3, 0.4) is 0 Å². The molecule has 0 aromatic carbocycles. The highest BCUT2D eigenvalue weighted by molar-refractivity contribution is 5.07. The summed E-state index contributed by atoms with van der Waals surface area (Å²) in [5.41, 5.74) is 0. The first-order valence-corrected chi connectivity index (χ1v) is 6.78. The molecule has 1 heterocycles. The molecule has 0 radical (unpaired) electrons. The summed E-state index contributed by atoms with van der Waals surface area (Å²) in [6.07, 6.45) is 6.35. The molecule has 0 spiro atoms. The average molecular weight is 237 g/mol. The Balaban J connectivity index is 1.83. The summed E-state index contributed by atoms with van der Waals surface area (Å²) in [4.78, 5) is 0. The van der Waals surface area contributed by atoms with Crippen molar-refractivity contribution in [1.29, 1.82) is 0 Å². The summed E-state index contributed by atoms with van der Waals surface area (Å²) in [6, 6.07) is 4.28. The quantitative estimate of drug-likeness (QED) is 0.791. The van der Waals surface area contributed by atoms with Crippen molar-refractivity contribution in [3.8, 4) is 0 Å². The first-order valence-electron chi connectivity index (χ1n) is 6.78. The number of hydrogen-bond acceptors (Lipinski definition) is 3. The zero-order valence-electron chi connectivity index (χ0n) is 10.6. The Hall–Kier alpha value is -0.800. The van der Waals surface area contributed by atoms with Gasteiger partial charge in [-0.15, -0.1) is 0 Å². The highest BCUT2D eigenvalue weighted by Gasteiger charge is 2.21. The molecule has 0 saturated heterocycles. The van der Waals surface area contributed by atoms with Gasteiger partial charge in [-0.25, -0.2) is 0 Å². The Morgan fingerprint density at radius 1 is 1.24 bits per heavy atom. The van der Waals surface area contributed by atoms with Gasteiger partial charge in [-0.1, -0.05) is 26.2 Å². The highest BCUT2D eigenvalue weighted by atomic mass is 16.3. The smallest absolute Gasteiger partial charge is 0.117 e. The van der Waals surface area contributed by atoms with Crippen LogP contribution >= 0.6 is 0 Å². The van der Waals surface area contributed by atoms with Crippen LogP contribution in [0.15, 0.2) is 16.5 Å². The number of aliphatic hydroxyl groups is 1. The van der Waals surface area contributed by atoms with E-state index in [1.807, 2.05) is 12.1 Å². The van der Waals surface area contributed by atoms with E-state index in [9.17, 15) is 5.11 Å². The molecule has 1 aliphatic rings. The van der Waals surface area contributed by atoms with Crippen LogP contribution in [0.1, 0.15) is 50.5 Å². The molecule has 3 nitrogen and oxygen atoms in total. The van der Waals surface area contributed by atoms with Crippen molar-refractivity contribution in [2.45, 2.75) is 64.1 Å². The Kier molecular flexibility index (Phi) is 4.63. The first-order chi connectivity index (χ1) is 8.29. The van der Waals surface area contributed by atoms with Crippen molar-refractivity contribution in [1.82, 2.24) is 5.32 Å². The SMILES string of the molecule is CCc1ccc(CNC2CCCCCC2O)o1. The molecule has 2 atom stereocenters. The van der Waals surface area contributed by atoms with Crippen LogP contribution in [0, 0.1) is 0 Å². The number of aryl methyl sites for hydroxylation is 1. The normalized spacial score (nSPS) is 25.8. The largest absolute Gasteiger partial charge is 0.465 e. The maximum absolute atomic E-state index is 9.99. The fraction of sp³-hybridized carbons (Fsp3) is 0.714. The lowest BCUT2D eigenvalue weighted by molar-refractivity contribution is 0.118. The van der Waals surface area contributed by atoms with Crippen molar-refractivity contribution in [3.63, 3.8) is 0 Å². The van der Waals surface area contributed by atoms with Gasteiger partial charge in [0.2, 0.25) is 0 Å². The molecule has 1 saturated carbocycles. The minimum absolute atomic E-state index is 0.196. The van der Waals surface area contributed by atoms with Gasteiger partial charge in [0.25, 0.3) is 0 Å². The molecule has 0 aliphatic heterocycles. The molecule has 96 valence electrons. The number of nitrogens with one attached hydrogen (secondary N) is 1. The van der Waals surface area contributed by atoms with E-state index in [1.165, 1.54) is 12.8 Å². The third-order valence-electron chi connectivity index (χ3n) is 3.58. The Labute approximate surface area is 103 Å². The summed E-state index contributed by atoms with van der Waals surface area (Å²) >= 11 is 0. The van der Waals surface area contributed by atoms with Crippen LogP contribution in [0.5, 0.6) is 0 Å². The van der Waals surface area contributed by atoms with Gasteiger partial charge in [-0.2, -0.15) is 0 Å². The molecule has 17 heavy (non-hydrogen) atoms. The average Bonchev–Trinajstić information content (AvgIpc) is 2.70.